The molecule has 0 aliphatic heterocycles. The molecule has 0 saturated heterocycles. The van der Waals surface area contributed by atoms with Crippen LogP contribution in [-0.2, 0) is 27.1 Å². The third-order valence-corrected chi connectivity index (χ3v) is 7.30. The Morgan fingerprint density at radius 3 is 2.81 bits per heavy atom. The molecule has 0 spiro atoms. The van der Waals surface area contributed by atoms with Crippen molar-refractivity contribution in [2.75, 3.05) is 33.9 Å². The highest BCUT2D eigenvalue weighted by molar-refractivity contribution is 5.74. The van der Waals surface area contributed by atoms with E-state index < -0.39 is 0 Å². The van der Waals surface area contributed by atoms with Crippen molar-refractivity contribution in [3.8, 4) is 0 Å². The summed E-state index contributed by atoms with van der Waals surface area (Å²) >= 11 is 0. The van der Waals surface area contributed by atoms with E-state index in [4.69, 9.17) is 9.47 Å². The lowest BCUT2D eigenvalue weighted by Crippen LogP contribution is -2.43. The predicted octanol–water partition coefficient (Wildman–Crippen LogP) is 5.13. The zero-order chi connectivity index (χ0) is 25.7. The number of hydrogen-bond donors (Lipinski definition) is 1. The third-order valence-electron chi connectivity index (χ3n) is 7.30. The molecule has 1 heterocycles. The van der Waals surface area contributed by atoms with Gasteiger partial charge in [0.1, 0.15) is 24.4 Å². The maximum Gasteiger partial charge on any atom is 0.332 e. The largest absolute Gasteiger partial charge is 0.459 e. The number of para-hydroxylation sites is 2. The summed E-state index contributed by atoms with van der Waals surface area (Å²) in [7, 11) is 3.58. The summed E-state index contributed by atoms with van der Waals surface area (Å²) in [6, 6.07) is 13.2. The summed E-state index contributed by atoms with van der Waals surface area (Å²) in [6.45, 7) is 5.83. The number of benzene rings is 2. The molecule has 1 aromatic heterocycles. The van der Waals surface area contributed by atoms with E-state index in [2.05, 4.69) is 35.8 Å². The molecule has 1 aliphatic rings. The van der Waals surface area contributed by atoms with E-state index in [0.29, 0.717) is 12.5 Å². The lowest BCUT2D eigenvalue weighted by molar-refractivity contribution is -0.158. The molecular formula is C29H38FN3O3. The molecular weight excluding hydrogens is 457 g/mol. The van der Waals surface area contributed by atoms with Gasteiger partial charge in [0.25, 0.3) is 0 Å². The van der Waals surface area contributed by atoms with Crippen LogP contribution in [0.4, 0.5) is 4.39 Å². The van der Waals surface area contributed by atoms with Crippen LogP contribution in [-0.4, -0.2) is 60.8 Å². The number of rotatable bonds is 11. The van der Waals surface area contributed by atoms with Crippen LogP contribution in [0.15, 0.2) is 42.5 Å². The molecule has 1 N–H and O–H groups in total. The molecule has 3 atom stereocenters. The van der Waals surface area contributed by atoms with Gasteiger partial charge >= 0.3 is 5.97 Å². The van der Waals surface area contributed by atoms with Crippen LogP contribution >= 0.6 is 0 Å². The van der Waals surface area contributed by atoms with E-state index >= 15 is 0 Å². The van der Waals surface area contributed by atoms with Crippen molar-refractivity contribution in [2.45, 2.75) is 51.6 Å². The zero-order valence-electron chi connectivity index (χ0n) is 21.8. The van der Waals surface area contributed by atoms with Gasteiger partial charge in [-0.15, -0.1) is 0 Å². The maximum atomic E-state index is 13.9. The van der Waals surface area contributed by atoms with Gasteiger partial charge in [0.05, 0.1) is 11.0 Å². The van der Waals surface area contributed by atoms with E-state index in [9.17, 15) is 9.18 Å². The fraction of sp³-hybridized carbons (Fsp3) is 0.517. The number of carbonyl (C=O) groups excluding carboxylic acids is 1. The van der Waals surface area contributed by atoms with Crippen LogP contribution in [0.5, 0.6) is 0 Å². The highest BCUT2D eigenvalue weighted by Gasteiger charge is 2.39. The second-order valence-electron chi connectivity index (χ2n) is 10.3. The van der Waals surface area contributed by atoms with Crippen molar-refractivity contribution >= 4 is 17.0 Å². The molecule has 3 aromatic rings. The molecule has 1 aliphatic carbocycles. The quantitative estimate of drug-likeness (QED) is 0.374. The minimum atomic E-state index is -0.342. The highest BCUT2D eigenvalue weighted by atomic mass is 19.1. The van der Waals surface area contributed by atoms with E-state index in [1.54, 1.807) is 12.1 Å². The number of methoxy groups -OCH3 is 1. The molecule has 1 unspecified atom stereocenters. The van der Waals surface area contributed by atoms with Crippen molar-refractivity contribution in [2.24, 2.45) is 11.8 Å². The minimum absolute atomic E-state index is 0.0624. The van der Waals surface area contributed by atoms with Crippen LogP contribution in [0.25, 0.3) is 11.0 Å². The number of nitrogens with zero attached hydrogens (tertiary/aromatic N) is 2. The average molecular weight is 496 g/mol. The molecule has 0 fully saturated rings. The van der Waals surface area contributed by atoms with Gasteiger partial charge < -0.3 is 19.4 Å². The Morgan fingerprint density at radius 2 is 2.06 bits per heavy atom. The number of hydrogen-bond acceptors (Lipinski definition) is 5. The fourth-order valence-corrected chi connectivity index (χ4v) is 5.74. The number of H-pyrrole nitrogens is 1. The molecule has 0 saturated carbocycles. The summed E-state index contributed by atoms with van der Waals surface area (Å²) in [5.74, 6) is 1.14. The number of carbonyl (C=O) groups is 1. The number of halogens is 1. The lowest BCUT2D eigenvalue weighted by atomic mass is 9.68. The molecule has 6 nitrogen and oxygen atoms in total. The van der Waals surface area contributed by atoms with Gasteiger partial charge in [-0.25, -0.2) is 14.2 Å². The van der Waals surface area contributed by atoms with Gasteiger partial charge in [0.15, 0.2) is 0 Å². The Bertz CT molecular complexity index is 1130. The van der Waals surface area contributed by atoms with Crippen LogP contribution < -0.4 is 0 Å². The second-order valence-corrected chi connectivity index (χ2v) is 10.3. The number of nitrogens with one attached hydrogen (secondary N) is 1. The number of imidazole rings is 1. The first-order valence-corrected chi connectivity index (χ1v) is 12.9. The summed E-state index contributed by atoms with van der Waals surface area (Å²) in [6.07, 6.45) is 3.17. The maximum absolute atomic E-state index is 13.9. The second kappa shape index (κ2) is 12.0. The zero-order valence-corrected chi connectivity index (χ0v) is 21.8. The van der Waals surface area contributed by atoms with Gasteiger partial charge in [-0.2, -0.15) is 0 Å². The van der Waals surface area contributed by atoms with Crippen LogP contribution in [0.2, 0.25) is 0 Å². The van der Waals surface area contributed by atoms with E-state index in [0.717, 1.165) is 54.6 Å². The van der Waals surface area contributed by atoms with Gasteiger partial charge in [0.2, 0.25) is 0 Å². The molecule has 0 bridgehead atoms. The SMILES string of the molecule is COCC(=O)O[C@H](CN(C)CCCc1nc2ccccc2[nH]1)[C@H]1CCc2cc(F)ccc2C1C(C)C. The first kappa shape index (κ1) is 26.3. The number of aryl methyl sites for hydroxylation is 2. The number of aromatic amines is 1. The van der Waals surface area contributed by atoms with E-state index in [-0.39, 0.29) is 36.3 Å². The Hall–Kier alpha value is -2.77. The number of aromatic nitrogens is 2. The predicted molar refractivity (Wildman–Crippen MR) is 139 cm³/mol. The van der Waals surface area contributed by atoms with Crippen LogP contribution in [0, 0.1) is 17.7 Å². The van der Waals surface area contributed by atoms with Crippen molar-refractivity contribution in [3.63, 3.8) is 0 Å². The molecule has 194 valence electrons. The van der Waals surface area contributed by atoms with Crippen molar-refractivity contribution in [3.05, 3.63) is 65.2 Å². The Morgan fingerprint density at radius 1 is 1.25 bits per heavy atom. The topological polar surface area (TPSA) is 67.5 Å². The molecule has 0 amide bonds. The molecule has 7 heteroatoms. The number of esters is 1. The van der Waals surface area contributed by atoms with Crippen LogP contribution in [0.1, 0.15) is 49.6 Å². The Labute approximate surface area is 213 Å². The summed E-state index contributed by atoms with van der Waals surface area (Å²) in [5.41, 5.74) is 4.31. The molecule has 36 heavy (non-hydrogen) atoms. The van der Waals surface area contributed by atoms with Crippen molar-refractivity contribution in [1.29, 1.82) is 0 Å². The number of ether oxygens (including phenoxy) is 2. The normalized spacial score (nSPS) is 18.5. The summed E-state index contributed by atoms with van der Waals surface area (Å²) in [4.78, 5) is 22.8. The van der Waals surface area contributed by atoms with Crippen molar-refractivity contribution < 1.29 is 18.7 Å². The van der Waals surface area contributed by atoms with Crippen LogP contribution in [0.3, 0.4) is 0 Å². The molecule has 4 rings (SSSR count). The monoisotopic (exact) mass is 495 g/mol. The number of likely N-dealkylation sites (N-methyl/N-ethyl adjacent to an activating group) is 1. The first-order valence-electron chi connectivity index (χ1n) is 12.9. The fourth-order valence-electron chi connectivity index (χ4n) is 5.74. The van der Waals surface area contributed by atoms with E-state index in [1.807, 2.05) is 30.3 Å². The van der Waals surface area contributed by atoms with Gasteiger partial charge in [0, 0.05) is 26.0 Å². The standard InChI is InChI=1S/C29H38FN3O3/c1-19(2)29-22-14-12-21(30)16-20(22)11-13-23(29)26(36-28(34)18-35-4)17-33(3)15-7-10-27-31-24-8-5-6-9-25(24)32-27/h5-6,8-9,12,14,16,19,23,26,29H,7,10-11,13,15,17-18H2,1-4H3,(H,31,32)/t23-,26-,29?/m1/s1. The van der Waals surface area contributed by atoms with Gasteiger partial charge in [-0.1, -0.05) is 32.0 Å². The smallest absolute Gasteiger partial charge is 0.332 e. The lowest BCUT2D eigenvalue weighted by Gasteiger charge is -2.41. The molecule has 0 radical (unpaired) electrons. The Kier molecular flexibility index (Phi) is 8.75. The average Bonchev–Trinajstić information content (AvgIpc) is 3.25. The van der Waals surface area contributed by atoms with Gasteiger partial charge in [-0.05, 0) is 80.1 Å². The summed E-state index contributed by atoms with van der Waals surface area (Å²) < 4.78 is 25.0. The Balaban J connectivity index is 1.44. The highest BCUT2D eigenvalue weighted by Crippen LogP contribution is 2.43. The van der Waals surface area contributed by atoms with E-state index in [1.165, 1.54) is 12.7 Å². The first-order chi connectivity index (χ1) is 17.4. The minimum Gasteiger partial charge on any atom is -0.459 e. The number of fused-ring (bicyclic) bond motifs is 2. The molecule has 2 aromatic carbocycles. The summed E-state index contributed by atoms with van der Waals surface area (Å²) in [5, 5.41) is 0. The third kappa shape index (κ3) is 6.31. The van der Waals surface area contributed by atoms with Crippen molar-refractivity contribution in [1.82, 2.24) is 14.9 Å². The van der Waals surface area contributed by atoms with Gasteiger partial charge in [-0.3, -0.25) is 0 Å².